The van der Waals surface area contributed by atoms with Crippen molar-refractivity contribution in [3.8, 4) is 0 Å². The molecule has 5 nitrogen and oxygen atoms in total. The van der Waals surface area contributed by atoms with Crippen molar-refractivity contribution < 1.29 is 9.59 Å². The summed E-state index contributed by atoms with van der Waals surface area (Å²) < 4.78 is 0. The van der Waals surface area contributed by atoms with E-state index in [1.54, 1.807) is 29.8 Å². The molecule has 2 amide bonds. The Morgan fingerprint density at radius 3 is 2.41 bits per heavy atom. The number of para-hydroxylation sites is 1. The Morgan fingerprint density at radius 2 is 1.70 bits per heavy atom. The number of rotatable bonds is 8. The molecule has 0 fully saturated rings. The van der Waals surface area contributed by atoms with Gasteiger partial charge in [-0.3, -0.25) is 14.5 Å². The van der Waals surface area contributed by atoms with E-state index in [0.29, 0.717) is 5.02 Å². The van der Waals surface area contributed by atoms with Crippen LogP contribution in [0.5, 0.6) is 0 Å². The summed E-state index contributed by atoms with van der Waals surface area (Å²) in [7, 11) is 1.74. The first-order chi connectivity index (χ1) is 12.9. The molecule has 0 aliphatic heterocycles. The van der Waals surface area contributed by atoms with E-state index in [1.807, 2.05) is 55.6 Å². The Bertz CT molecular complexity index is 800. The number of carbonyl (C=O) groups excluding carboxylic acids is 2. The van der Waals surface area contributed by atoms with Gasteiger partial charge in [-0.2, -0.15) is 0 Å². The molecule has 2 aromatic rings. The highest BCUT2D eigenvalue weighted by atomic mass is 35.5. The maximum atomic E-state index is 12.3. The second-order valence-electron chi connectivity index (χ2n) is 6.23. The molecule has 0 aromatic heterocycles. The molecule has 0 bridgehead atoms. The van der Waals surface area contributed by atoms with E-state index in [1.165, 1.54) is 0 Å². The highest BCUT2D eigenvalue weighted by Crippen LogP contribution is 2.24. The van der Waals surface area contributed by atoms with E-state index in [4.69, 9.17) is 11.6 Å². The molecule has 2 N–H and O–H groups in total. The number of hydrogen-bond acceptors (Lipinski definition) is 4. The van der Waals surface area contributed by atoms with Gasteiger partial charge in [-0.15, -0.1) is 11.8 Å². The Labute approximate surface area is 169 Å². The van der Waals surface area contributed by atoms with Gasteiger partial charge in [0.1, 0.15) is 0 Å². The fourth-order valence-electron chi connectivity index (χ4n) is 2.67. The van der Waals surface area contributed by atoms with Crippen LogP contribution in [-0.2, 0) is 9.59 Å². The lowest BCUT2D eigenvalue weighted by Gasteiger charge is -2.20. The number of thioether (sulfide) groups is 1. The van der Waals surface area contributed by atoms with Gasteiger partial charge in [0.2, 0.25) is 11.8 Å². The summed E-state index contributed by atoms with van der Waals surface area (Å²) in [6.45, 7) is 2.12. The average molecular weight is 406 g/mol. The number of benzene rings is 2. The standard InChI is InChI=1S/C20H24ClN3O2S/c1-14(15-8-4-5-9-16(15)21)22-19(25)12-24(2)13-20(26)23-17-10-6-7-11-18(17)27-3/h4-11,14H,12-13H2,1-3H3,(H,22,25)(H,23,26). The van der Waals surface area contributed by atoms with Crippen LogP contribution in [0.4, 0.5) is 5.69 Å². The number of nitrogens with zero attached hydrogens (tertiary/aromatic N) is 1. The van der Waals surface area contributed by atoms with Gasteiger partial charge in [0.25, 0.3) is 0 Å². The molecule has 0 aliphatic carbocycles. The van der Waals surface area contributed by atoms with Crippen molar-refractivity contribution in [3.05, 3.63) is 59.1 Å². The Hall–Kier alpha value is -2.02. The van der Waals surface area contributed by atoms with Crippen molar-refractivity contribution in [1.29, 1.82) is 0 Å². The number of carbonyl (C=O) groups is 2. The summed E-state index contributed by atoms with van der Waals surface area (Å²) in [4.78, 5) is 27.2. The molecule has 0 saturated carbocycles. The lowest BCUT2D eigenvalue weighted by molar-refractivity contribution is -0.123. The first-order valence-electron chi connectivity index (χ1n) is 8.56. The lowest BCUT2D eigenvalue weighted by atomic mass is 10.1. The third kappa shape index (κ3) is 6.57. The van der Waals surface area contributed by atoms with Crippen molar-refractivity contribution in [2.45, 2.75) is 17.9 Å². The maximum Gasteiger partial charge on any atom is 0.238 e. The quantitative estimate of drug-likeness (QED) is 0.655. The predicted molar refractivity (Wildman–Crippen MR) is 112 cm³/mol. The molecule has 1 atom stereocenters. The van der Waals surface area contributed by atoms with Crippen LogP contribution in [0.2, 0.25) is 5.02 Å². The van der Waals surface area contributed by atoms with Crippen LogP contribution in [0.25, 0.3) is 0 Å². The molecule has 7 heteroatoms. The monoisotopic (exact) mass is 405 g/mol. The van der Waals surface area contributed by atoms with Gasteiger partial charge < -0.3 is 10.6 Å². The van der Waals surface area contributed by atoms with E-state index in [9.17, 15) is 9.59 Å². The number of halogens is 1. The first-order valence-corrected chi connectivity index (χ1v) is 10.2. The fourth-order valence-corrected chi connectivity index (χ4v) is 3.53. The summed E-state index contributed by atoms with van der Waals surface area (Å²) in [5.41, 5.74) is 1.64. The summed E-state index contributed by atoms with van der Waals surface area (Å²) in [6, 6.07) is 14.8. The molecular weight excluding hydrogens is 382 g/mol. The van der Waals surface area contributed by atoms with Gasteiger partial charge >= 0.3 is 0 Å². The lowest BCUT2D eigenvalue weighted by Crippen LogP contribution is -2.39. The number of likely N-dealkylation sites (N-methyl/N-ethyl adjacent to an activating group) is 1. The molecule has 144 valence electrons. The third-order valence-electron chi connectivity index (χ3n) is 3.96. The number of nitrogens with one attached hydrogen (secondary N) is 2. The third-order valence-corrected chi connectivity index (χ3v) is 5.10. The van der Waals surface area contributed by atoms with Crippen molar-refractivity contribution >= 4 is 40.9 Å². The molecule has 27 heavy (non-hydrogen) atoms. The number of amides is 2. The predicted octanol–water partition coefficient (Wildman–Crippen LogP) is 3.81. The summed E-state index contributed by atoms with van der Waals surface area (Å²) in [6.07, 6.45) is 1.96. The van der Waals surface area contributed by atoms with Crippen LogP contribution in [0.1, 0.15) is 18.5 Å². The molecule has 1 unspecified atom stereocenters. The van der Waals surface area contributed by atoms with E-state index in [-0.39, 0.29) is 30.9 Å². The van der Waals surface area contributed by atoms with E-state index in [0.717, 1.165) is 16.1 Å². The molecule has 2 aromatic carbocycles. The SMILES string of the molecule is CSc1ccccc1NC(=O)CN(C)CC(=O)NC(C)c1ccccc1Cl. The Kier molecular flexibility index (Phi) is 8.16. The molecule has 0 radical (unpaired) electrons. The zero-order chi connectivity index (χ0) is 19.8. The molecule has 0 aliphatic rings. The number of hydrogen-bond donors (Lipinski definition) is 2. The minimum Gasteiger partial charge on any atom is -0.348 e. The molecular formula is C20H24ClN3O2S. The number of anilines is 1. The van der Waals surface area contributed by atoms with Crippen LogP contribution in [0.3, 0.4) is 0 Å². The van der Waals surface area contributed by atoms with Crippen LogP contribution in [0.15, 0.2) is 53.4 Å². The van der Waals surface area contributed by atoms with Crippen LogP contribution in [0, 0.1) is 0 Å². The van der Waals surface area contributed by atoms with Gasteiger partial charge in [-0.1, -0.05) is 41.9 Å². The van der Waals surface area contributed by atoms with E-state index < -0.39 is 0 Å². The van der Waals surface area contributed by atoms with Crippen molar-refractivity contribution in [2.24, 2.45) is 0 Å². The fraction of sp³-hybridized carbons (Fsp3) is 0.300. The second-order valence-corrected chi connectivity index (χ2v) is 7.49. The van der Waals surface area contributed by atoms with Gasteiger partial charge in [-0.25, -0.2) is 0 Å². The van der Waals surface area contributed by atoms with Crippen LogP contribution in [-0.4, -0.2) is 43.1 Å². The molecule has 2 rings (SSSR count). The maximum absolute atomic E-state index is 12.3. The van der Waals surface area contributed by atoms with E-state index >= 15 is 0 Å². The highest BCUT2D eigenvalue weighted by molar-refractivity contribution is 7.98. The topological polar surface area (TPSA) is 61.4 Å². The van der Waals surface area contributed by atoms with Gasteiger partial charge in [0.05, 0.1) is 24.8 Å². The second kappa shape index (κ2) is 10.3. The summed E-state index contributed by atoms with van der Waals surface area (Å²) in [5, 5.41) is 6.41. The Balaban J connectivity index is 1.84. The summed E-state index contributed by atoms with van der Waals surface area (Å²) >= 11 is 7.73. The summed E-state index contributed by atoms with van der Waals surface area (Å²) in [5.74, 6) is -0.326. The zero-order valence-corrected chi connectivity index (χ0v) is 17.2. The molecule has 0 heterocycles. The molecule has 0 spiro atoms. The minimum atomic E-state index is -0.207. The minimum absolute atomic E-state index is 0.117. The smallest absolute Gasteiger partial charge is 0.238 e. The first kappa shape index (κ1) is 21.3. The largest absolute Gasteiger partial charge is 0.348 e. The normalized spacial score (nSPS) is 11.9. The van der Waals surface area contributed by atoms with Crippen LogP contribution >= 0.6 is 23.4 Å². The average Bonchev–Trinajstić information content (AvgIpc) is 2.61. The molecule has 0 saturated heterocycles. The van der Waals surface area contributed by atoms with Crippen molar-refractivity contribution in [2.75, 3.05) is 31.7 Å². The highest BCUT2D eigenvalue weighted by Gasteiger charge is 2.15. The Morgan fingerprint density at radius 1 is 1.07 bits per heavy atom. The zero-order valence-electron chi connectivity index (χ0n) is 15.7. The van der Waals surface area contributed by atoms with Gasteiger partial charge in [-0.05, 0) is 44.0 Å². The van der Waals surface area contributed by atoms with Gasteiger partial charge in [0.15, 0.2) is 0 Å². The van der Waals surface area contributed by atoms with Gasteiger partial charge in [0, 0.05) is 9.92 Å². The van der Waals surface area contributed by atoms with E-state index in [2.05, 4.69) is 10.6 Å². The van der Waals surface area contributed by atoms with Crippen molar-refractivity contribution in [3.63, 3.8) is 0 Å². The van der Waals surface area contributed by atoms with Crippen molar-refractivity contribution in [1.82, 2.24) is 10.2 Å². The van der Waals surface area contributed by atoms with Crippen LogP contribution < -0.4 is 10.6 Å².